The number of rotatable bonds is 2. The summed E-state index contributed by atoms with van der Waals surface area (Å²) in [5.74, 6) is 0.521. The van der Waals surface area contributed by atoms with Gasteiger partial charge in [-0.25, -0.2) is 4.39 Å². The summed E-state index contributed by atoms with van der Waals surface area (Å²) in [5, 5.41) is 3.39. The molecule has 3 rings (SSSR count). The third-order valence-corrected chi connectivity index (χ3v) is 5.03. The van der Waals surface area contributed by atoms with Crippen LogP contribution in [0.25, 0.3) is 0 Å². The van der Waals surface area contributed by atoms with Crippen LogP contribution < -0.4 is 5.32 Å². The molecule has 0 saturated carbocycles. The Labute approximate surface area is 131 Å². The van der Waals surface area contributed by atoms with Gasteiger partial charge in [0.05, 0.1) is 6.04 Å². The van der Waals surface area contributed by atoms with E-state index in [-0.39, 0.29) is 23.7 Å². The highest BCUT2D eigenvalue weighted by atomic mass is 19.1. The van der Waals surface area contributed by atoms with Gasteiger partial charge in [-0.05, 0) is 44.7 Å². The molecule has 2 aliphatic rings. The maximum Gasteiger partial charge on any atom is 0.226 e. The number of halogens is 1. The van der Waals surface area contributed by atoms with Gasteiger partial charge in [0.2, 0.25) is 5.91 Å². The molecule has 2 fully saturated rings. The van der Waals surface area contributed by atoms with Crippen molar-refractivity contribution in [2.75, 3.05) is 13.1 Å². The molecule has 3 nitrogen and oxygen atoms in total. The van der Waals surface area contributed by atoms with Gasteiger partial charge in [0.15, 0.2) is 0 Å². The molecule has 0 bridgehead atoms. The monoisotopic (exact) mass is 304 g/mol. The fourth-order valence-corrected chi connectivity index (χ4v) is 3.92. The molecule has 0 spiro atoms. The summed E-state index contributed by atoms with van der Waals surface area (Å²) < 4.78 is 14.2. The highest BCUT2D eigenvalue weighted by Gasteiger charge is 2.38. The molecule has 0 radical (unpaired) electrons. The first-order valence-corrected chi connectivity index (χ1v) is 8.34. The number of likely N-dealkylation sites (tertiary alicyclic amines) is 1. The Balaban J connectivity index is 1.81. The molecule has 22 heavy (non-hydrogen) atoms. The van der Waals surface area contributed by atoms with Crippen molar-refractivity contribution in [1.29, 1.82) is 0 Å². The van der Waals surface area contributed by atoms with E-state index in [4.69, 9.17) is 0 Å². The number of hydrogen-bond donors (Lipinski definition) is 1. The molecule has 1 amide bonds. The van der Waals surface area contributed by atoms with E-state index in [1.807, 2.05) is 17.0 Å². The van der Waals surface area contributed by atoms with Gasteiger partial charge in [0.1, 0.15) is 5.82 Å². The lowest BCUT2D eigenvalue weighted by Gasteiger charge is -2.33. The van der Waals surface area contributed by atoms with Gasteiger partial charge >= 0.3 is 0 Å². The SMILES string of the molecule is CC1CC(c2ccccc2F)N(C(=O)[C@H]2CCN[C@@H](C)C2)C1. The van der Waals surface area contributed by atoms with Gasteiger partial charge in [-0.15, -0.1) is 0 Å². The van der Waals surface area contributed by atoms with Crippen molar-refractivity contribution in [3.63, 3.8) is 0 Å². The molecule has 1 N–H and O–H groups in total. The molecular formula is C18H25FN2O. The molecule has 2 unspecified atom stereocenters. The van der Waals surface area contributed by atoms with Crippen LogP contribution in [0, 0.1) is 17.7 Å². The number of nitrogens with zero attached hydrogens (tertiary/aromatic N) is 1. The average Bonchev–Trinajstić information content (AvgIpc) is 2.88. The molecule has 4 atom stereocenters. The highest BCUT2D eigenvalue weighted by molar-refractivity contribution is 5.80. The maximum absolute atomic E-state index is 14.2. The quantitative estimate of drug-likeness (QED) is 0.910. The molecule has 2 saturated heterocycles. The Hall–Kier alpha value is -1.42. The highest BCUT2D eigenvalue weighted by Crippen LogP contribution is 2.38. The lowest BCUT2D eigenvalue weighted by molar-refractivity contribution is -0.137. The summed E-state index contributed by atoms with van der Waals surface area (Å²) in [5.41, 5.74) is 0.669. The zero-order valence-electron chi connectivity index (χ0n) is 13.4. The second-order valence-electron chi connectivity index (χ2n) is 6.95. The first kappa shape index (κ1) is 15.5. The van der Waals surface area contributed by atoms with Crippen LogP contribution in [0.1, 0.15) is 44.7 Å². The minimum absolute atomic E-state index is 0.0795. The van der Waals surface area contributed by atoms with E-state index in [9.17, 15) is 9.18 Å². The van der Waals surface area contributed by atoms with Gasteiger partial charge in [0, 0.05) is 24.1 Å². The third-order valence-electron chi connectivity index (χ3n) is 5.03. The van der Waals surface area contributed by atoms with Gasteiger partial charge < -0.3 is 10.2 Å². The number of carbonyl (C=O) groups excluding carboxylic acids is 1. The number of benzene rings is 1. The number of piperidine rings is 1. The maximum atomic E-state index is 14.2. The van der Waals surface area contributed by atoms with Crippen molar-refractivity contribution in [2.24, 2.45) is 11.8 Å². The average molecular weight is 304 g/mol. The van der Waals surface area contributed by atoms with Crippen LogP contribution in [-0.2, 0) is 4.79 Å². The molecule has 1 aromatic rings. The predicted molar refractivity (Wildman–Crippen MR) is 84.8 cm³/mol. The van der Waals surface area contributed by atoms with Gasteiger partial charge in [-0.2, -0.15) is 0 Å². The van der Waals surface area contributed by atoms with E-state index in [0.29, 0.717) is 17.5 Å². The smallest absolute Gasteiger partial charge is 0.226 e. The lowest BCUT2D eigenvalue weighted by Crippen LogP contribution is -2.44. The summed E-state index contributed by atoms with van der Waals surface area (Å²) in [6.45, 7) is 5.91. The third kappa shape index (κ3) is 3.02. The Kier molecular flexibility index (Phi) is 4.48. The van der Waals surface area contributed by atoms with Crippen molar-refractivity contribution < 1.29 is 9.18 Å². The second kappa shape index (κ2) is 6.37. The van der Waals surface area contributed by atoms with E-state index in [1.54, 1.807) is 6.07 Å². The van der Waals surface area contributed by atoms with E-state index in [0.717, 1.165) is 32.4 Å². The zero-order chi connectivity index (χ0) is 15.7. The van der Waals surface area contributed by atoms with E-state index >= 15 is 0 Å². The normalized spacial score (nSPS) is 32.2. The standard InChI is InChI=1S/C18H25FN2O/c1-12-9-17(15-5-3-4-6-16(15)19)21(11-12)18(22)14-7-8-20-13(2)10-14/h3-6,12-14,17,20H,7-11H2,1-2H3/t12?,13-,14-,17?/m0/s1. The first-order chi connectivity index (χ1) is 10.6. The molecule has 120 valence electrons. The van der Waals surface area contributed by atoms with Crippen LogP contribution in [0.2, 0.25) is 0 Å². The summed E-state index contributed by atoms with van der Waals surface area (Å²) in [6.07, 6.45) is 2.62. The number of nitrogens with one attached hydrogen (secondary N) is 1. The second-order valence-corrected chi connectivity index (χ2v) is 6.95. The topological polar surface area (TPSA) is 32.3 Å². The van der Waals surface area contributed by atoms with E-state index in [2.05, 4.69) is 19.2 Å². The number of amides is 1. The minimum Gasteiger partial charge on any atom is -0.335 e. The largest absolute Gasteiger partial charge is 0.335 e. The van der Waals surface area contributed by atoms with Crippen LogP contribution in [-0.4, -0.2) is 29.9 Å². The van der Waals surface area contributed by atoms with Crippen molar-refractivity contribution in [2.45, 2.75) is 45.2 Å². The molecule has 2 heterocycles. The number of hydrogen-bond acceptors (Lipinski definition) is 2. The molecule has 0 aliphatic carbocycles. The van der Waals surface area contributed by atoms with E-state index < -0.39 is 0 Å². The molecular weight excluding hydrogens is 279 g/mol. The Bertz CT molecular complexity index is 548. The van der Waals surface area contributed by atoms with Crippen molar-refractivity contribution in [3.8, 4) is 0 Å². The summed E-state index contributed by atoms with van der Waals surface area (Å²) in [7, 11) is 0. The summed E-state index contributed by atoms with van der Waals surface area (Å²) in [6, 6.07) is 7.16. The van der Waals surface area contributed by atoms with Crippen LogP contribution in [0.15, 0.2) is 24.3 Å². The fraction of sp³-hybridized carbons (Fsp3) is 0.611. The van der Waals surface area contributed by atoms with Crippen LogP contribution in [0.3, 0.4) is 0 Å². The van der Waals surface area contributed by atoms with Crippen molar-refractivity contribution >= 4 is 5.91 Å². The molecule has 0 aromatic heterocycles. The zero-order valence-corrected chi connectivity index (χ0v) is 13.4. The van der Waals surface area contributed by atoms with Crippen molar-refractivity contribution in [1.82, 2.24) is 10.2 Å². The van der Waals surface area contributed by atoms with Gasteiger partial charge in [-0.1, -0.05) is 25.1 Å². The summed E-state index contributed by atoms with van der Waals surface area (Å²) in [4.78, 5) is 14.9. The molecule has 2 aliphatic heterocycles. The minimum atomic E-state index is -0.196. The Morgan fingerprint density at radius 1 is 1.27 bits per heavy atom. The fourth-order valence-electron chi connectivity index (χ4n) is 3.92. The molecule has 1 aromatic carbocycles. The van der Waals surface area contributed by atoms with Gasteiger partial charge in [0.25, 0.3) is 0 Å². The van der Waals surface area contributed by atoms with Crippen molar-refractivity contribution in [3.05, 3.63) is 35.6 Å². The summed E-state index contributed by atoms with van der Waals surface area (Å²) >= 11 is 0. The Morgan fingerprint density at radius 2 is 2.05 bits per heavy atom. The lowest BCUT2D eigenvalue weighted by atomic mass is 9.91. The predicted octanol–water partition coefficient (Wildman–Crippen LogP) is 3.12. The number of carbonyl (C=O) groups is 1. The molecule has 4 heteroatoms. The Morgan fingerprint density at radius 3 is 2.77 bits per heavy atom. The van der Waals surface area contributed by atoms with Gasteiger partial charge in [-0.3, -0.25) is 4.79 Å². The van der Waals surface area contributed by atoms with Crippen LogP contribution in [0.4, 0.5) is 4.39 Å². The first-order valence-electron chi connectivity index (χ1n) is 8.34. The van der Waals surface area contributed by atoms with Crippen LogP contribution in [0.5, 0.6) is 0 Å². The van der Waals surface area contributed by atoms with E-state index in [1.165, 1.54) is 6.07 Å². The van der Waals surface area contributed by atoms with Crippen LogP contribution >= 0.6 is 0 Å².